The molecule has 0 saturated heterocycles. The predicted octanol–water partition coefficient (Wildman–Crippen LogP) is 6.89. The van der Waals surface area contributed by atoms with Crippen LogP contribution in [0.2, 0.25) is 0 Å². The van der Waals surface area contributed by atoms with Gasteiger partial charge in [-0.2, -0.15) is 0 Å². The molecule has 4 aromatic rings. The van der Waals surface area contributed by atoms with Crippen LogP contribution in [0.3, 0.4) is 0 Å². The molecule has 0 aliphatic rings. The molecule has 0 aliphatic carbocycles. The third kappa shape index (κ3) is 6.98. The van der Waals surface area contributed by atoms with E-state index in [0.29, 0.717) is 10.7 Å². The van der Waals surface area contributed by atoms with Crippen LogP contribution in [0.1, 0.15) is 67.2 Å². The number of hydrogen-bond donors (Lipinski definition) is 2. The number of carboxylic acid groups (broad SMARTS) is 1. The summed E-state index contributed by atoms with van der Waals surface area (Å²) in [5, 5.41) is 12.4. The summed E-state index contributed by atoms with van der Waals surface area (Å²) in [6.07, 6.45) is 3.80. The molecular formula is C32H35N3O3S. The van der Waals surface area contributed by atoms with Crippen molar-refractivity contribution in [2.75, 3.05) is 0 Å². The van der Waals surface area contributed by atoms with Gasteiger partial charge in [0.15, 0.2) is 5.82 Å². The van der Waals surface area contributed by atoms with Crippen LogP contribution in [0.5, 0.6) is 0 Å². The molecule has 0 spiro atoms. The summed E-state index contributed by atoms with van der Waals surface area (Å²) in [5.74, 6) is -0.859. The summed E-state index contributed by atoms with van der Waals surface area (Å²) in [4.78, 5) is 35.3. The van der Waals surface area contributed by atoms with Crippen molar-refractivity contribution < 1.29 is 14.7 Å². The Balaban J connectivity index is 1.42. The highest BCUT2D eigenvalue weighted by Gasteiger charge is 2.24. The molecule has 2 N–H and O–H groups in total. The summed E-state index contributed by atoms with van der Waals surface area (Å²) in [6, 6.07) is 18.5. The minimum atomic E-state index is -1.07. The van der Waals surface area contributed by atoms with Crippen molar-refractivity contribution in [1.29, 1.82) is 0 Å². The summed E-state index contributed by atoms with van der Waals surface area (Å²) in [7, 11) is 0. The molecule has 39 heavy (non-hydrogen) atoms. The number of nitrogens with zero attached hydrogens (tertiary/aromatic N) is 2. The van der Waals surface area contributed by atoms with Gasteiger partial charge in [-0.25, -0.2) is 14.8 Å². The van der Waals surface area contributed by atoms with Gasteiger partial charge in [0.05, 0.1) is 4.88 Å². The zero-order valence-electron chi connectivity index (χ0n) is 23.3. The van der Waals surface area contributed by atoms with E-state index in [9.17, 15) is 14.7 Å². The van der Waals surface area contributed by atoms with Crippen molar-refractivity contribution in [1.82, 2.24) is 15.3 Å². The third-order valence-corrected chi connectivity index (χ3v) is 8.07. The number of nitrogens with one attached hydrogen (secondary N) is 1. The summed E-state index contributed by atoms with van der Waals surface area (Å²) in [6.45, 7) is 12.8. The SMILES string of the molecule is CC(C)(C)c1ccc(-c2cnc(-c3ccc(CC(NC(=O)c4ccc(C(C)(C)C)s4)C(=O)O)cc3)nc2)cc1. The zero-order valence-corrected chi connectivity index (χ0v) is 24.1. The number of hydrogen-bond acceptors (Lipinski definition) is 5. The monoisotopic (exact) mass is 541 g/mol. The summed E-state index contributed by atoms with van der Waals surface area (Å²) in [5.41, 5.74) is 4.93. The van der Waals surface area contributed by atoms with Gasteiger partial charge in [-0.05, 0) is 39.7 Å². The Kier molecular flexibility index (Phi) is 8.02. The van der Waals surface area contributed by atoms with Crippen molar-refractivity contribution in [3.63, 3.8) is 0 Å². The van der Waals surface area contributed by atoms with Crippen LogP contribution in [0.15, 0.2) is 73.1 Å². The Morgan fingerprint density at radius 1 is 0.795 bits per heavy atom. The Morgan fingerprint density at radius 2 is 1.38 bits per heavy atom. The van der Waals surface area contributed by atoms with E-state index in [1.807, 2.05) is 42.7 Å². The molecule has 1 amide bonds. The van der Waals surface area contributed by atoms with Gasteiger partial charge in [0.25, 0.3) is 5.91 Å². The maximum atomic E-state index is 12.7. The molecule has 1 unspecified atom stereocenters. The molecule has 7 heteroatoms. The molecule has 0 aliphatic heterocycles. The minimum Gasteiger partial charge on any atom is -0.480 e. The van der Waals surface area contributed by atoms with E-state index in [1.165, 1.54) is 16.9 Å². The molecule has 2 aromatic carbocycles. The zero-order chi connectivity index (χ0) is 28.4. The Labute approximate surface area is 234 Å². The normalized spacial score (nSPS) is 12.7. The lowest BCUT2D eigenvalue weighted by atomic mass is 9.86. The molecule has 4 rings (SSSR count). The second-order valence-corrected chi connectivity index (χ2v) is 12.9. The quantitative estimate of drug-likeness (QED) is 0.266. The number of carboxylic acids is 1. The van der Waals surface area contributed by atoms with E-state index in [4.69, 9.17) is 0 Å². The molecule has 2 aromatic heterocycles. The Morgan fingerprint density at radius 3 is 1.90 bits per heavy atom. The van der Waals surface area contributed by atoms with Crippen molar-refractivity contribution in [3.8, 4) is 22.5 Å². The van der Waals surface area contributed by atoms with Crippen LogP contribution in [0.25, 0.3) is 22.5 Å². The molecule has 0 radical (unpaired) electrons. The lowest BCUT2D eigenvalue weighted by molar-refractivity contribution is -0.139. The van der Waals surface area contributed by atoms with Crippen LogP contribution in [0, 0.1) is 0 Å². The summed E-state index contributed by atoms with van der Waals surface area (Å²) >= 11 is 1.39. The highest BCUT2D eigenvalue weighted by molar-refractivity contribution is 7.14. The average molecular weight is 542 g/mol. The van der Waals surface area contributed by atoms with Gasteiger partial charge < -0.3 is 10.4 Å². The molecule has 0 saturated carbocycles. The van der Waals surface area contributed by atoms with Gasteiger partial charge in [-0.15, -0.1) is 11.3 Å². The Hall–Kier alpha value is -3.84. The lowest BCUT2D eigenvalue weighted by Gasteiger charge is -2.19. The second kappa shape index (κ2) is 11.1. The van der Waals surface area contributed by atoms with E-state index in [1.54, 1.807) is 6.07 Å². The number of benzene rings is 2. The standard InChI is InChI=1S/C32H35N3O3S/c1-31(2,3)24-13-11-21(12-14-24)23-18-33-28(34-19-23)22-9-7-20(8-10-22)17-25(30(37)38)35-29(36)26-15-16-27(39-26)32(4,5)6/h7-16,18-19,25H,17H2,1-6H3,(H,35,36)(H,37,38). The highest BCUT2D eigenvalue weighted by atomic mass is 32.1. The molecule has 0 fully saturated rings. The number of aliphatic carboxylic acids is 1. The largest absolute Gasteiger partial charge is 0.480 e. The number of rotatable bonds is 7. The molecule has 202 valence electrons. The van der Waals surface area contributed by atoms with Gasteiger partial charge in [-0.3, -0.25) is 4.79 Å². The van der Waals surface area contributed by atoms with Crippen LogP contribution in [-0.2, 0) is 22.0 Å². The number of amides is 1. The van der Waals surface area contributed by atoms with Gasteiger partial charge >= 0.3 is 5.97 Å². The number of carbonyl (C=O) groups is 2. The average Bonchev–Trinajstić information content (AvgIpc) is 3.40. The van der Waals surface area contributed by atoms with Crippen molar-refractivity contribution >= 4 is 23.2 Å². The first kappa shape index (κ1) is 28.2. The van der Waals surface area contributed by atoms with E-state index in [0.717, 1.165) is 27.1 Å². The van der Waals surface area contributed by atoms with Crippen LogP contribution in [-0.4, -0.2) is 33.0 Å². The first-order valence-electron chi connectivity index (χ1n) is 13.0. The number of aromatic nitrogens is 2. The molecule has 0 bridgehead atoms. The maximum absolute atomic E-state index is 12.7. The van der Waals surface area contributed by atoms with Crippen molar-refractivity contribution in [3.05, 3.63) is 93.9 Å². The lowest BCUT2D eigenvalue weighted by Crippen LogP contribution is -2.42. The minimum absolute atomic E-state index is 0.0706. The van der Waals surface area contributed by atoms with Gasteiger partial charge in [0.2, 0.25) is 0 Å². The first-order valence-corrected chi connectivity index (χ1v) is 13.8. The maximum Gasteiger partial charge on any atom is 0.326 e. The highest BCUT2D eigenvalue weighted by Crippen LogP contribution is 2.30. The fourth-order valence-electron chi connectivity index (χ4n) is 4.11. The van der Waals surface area contributed by atoms with Crippen LogP contribution in [0.4, 0.5) is 0 Å². The van der Waals surface area contributed by atoms with Crippen LogP contribution < -0.4 is 5.32 Å². The first-order chi connectivity index (χ1) is 18.3. The number of thiophene rings is 1. The molecular weight excluding hydrogens is 506 g/mol. The molecule has 2 heterocycles. The fraction of sp³-hybridized carbons (Fsp3) is 0.312. The van der Waals surface area contributed by atoms with Gasteiger partial charge in [0.1, 0.15) is 6.04 Å². The van der Waals surface area contributed by atoms with E-state index < -0.39 is 12.0 Å². The number of carbonyl (C=O) groups excluding carboxylic acids is 1. The topological polar surface area (TPSA) is 92.2 Å². The molecule has 6 nitrogen and oxygen atoms in total. The molecule has 1 atom stereocenters. The van der Waals surface area contributed by atoms with E-state index in [-0.39, 0.29) is 23.2 Å². The second-order valence-electron chi connectivity index (χ2n) is 11.8. The summed E-state index contributed by atoms with van der Waals surface area (Å²) < 4.78 is 0. The Bertz CT molecular complexity index is 1440. The van der Waals surface area contributed by atoms with Crippen LogP contribution >= 0.6 is 11.3 Å². The van der Waals surface area contributed by atoms with E-state index >= 15 is 0 Å². The van der Waals surface area contributed by atoms with Gasteiger partial charge in [-0.1, -0.05) is 90.1 Å². The third-order valence-electron chi connectivity index (χ3n) is 6.56. The van der Waals surface area contributed by atoms with Crippen molar-refractivity contribution in [2.24, 2.45) is 0 Å². The smallest absolute Gasteiger partial charge is 0.326 e. The predicted molar refractivity (Wildman–Crippen MR) is 157 cm³/mol. The van der Waals surface area contributed by atoms with Crippen molar-refractivity contribution in [2.45, 2.75) is 64.8 Å². The van der Waals surface area contributed by atoms with E-state index in [2.05, 4.69) is 81.1 Å². The van der Waals surface area contributed by atoms with Gasteiger partial charge in [0, 0.05) is 34.8 Å². The fourth-order valence-corrected chi connectivity index (χ4v) is 5.07.